The van der Waals surface area contributed by atoms with E-state index < -0.39 is 0 Å². The van der Waals surface area contributed by atoms with Gasteiger partial charge in [-0.25, -0.2) is 0 Å². The molecule has 2 heterocycles. The highest BCUT2D eigenvalue weighted by Crippen LogP contribution is 2.11. The van der Waals surface area contributed by atoms with Gasteiger partial charge in [0.25, 0.3) is 0 Å². The van der Waals surface area contributed by atoms with Crippen LogP contribution in [0, 0.1) is 13.8 Å². The van der Waals surface area contributed by atoms with Crippen molar-refractivity contribution in [3.05, 3.63) is 33.7 Å². The number of aromatic nitrogens is 1. The van der Waals surface area contributed by atoms with E-state index in [1.165, 1.54) is 19.3 Å². The molecular weight excluding hydrogens is 200 g/mol. The van der Waals surface area contributed by atoms with Crippen LogP contribution in [0.25, 0.3) is 0 Å². The van der Waals surface area contributed by atoms with Crippen LogP contribution in [0.3, 0.4) is 0 Å². The number of hydrogen-bond donors (Lipinski definition) is 1. The van der Waals surface area contributed by atoms with Gasteiger partial charge in [-0.3, -0.25) is 4.79 Å². The zero-order valence-electron chi connectivity index (χ0n) is 10.1. The van der Waals surface area contributed by atoms with Gasteiger partial charge < -0.3 is 9.88 Å². The molecule has 3 heteroatoms. The molecule has 1 atom stereocenters. The lowest BCUT2D eigenvalue weighted by Crippen LogP contribution is -2.38. The minimum atomic E-state index is 0.114. The second-order valence-corrected chi connectivity index (χ2v) is 4.73. The summed E-state index contributed by atoms with van der Waals surface area (Å²) in [7, 11) is 0. The third-order valence-corrected chi connectivity index (χ3v) is 3.37. The molecule has 0 radical (unpaired) electrons. The van der Waals surface area contributed by atoms with Gasteiger partial charge in [-0.1, -0.05) is 6.42 Å². The lowest BCUT2D eigenvalue weighted by molar-refractivity contribution is 0.358. The van der Waals surface area contributed by atoms with Crippen molar-refractivity contribution in [1.82, 2.24) is 9.88 Å². The Bertz CT molecular complexity index is 390. The summed E-state index contributed by atoms with van der Waals surface area (Å²) in [6.45, 7) is 6.13. The zero-order chi connectivity index (χ0) is 11.5. The van der Waals surface area contributed by atoms with Crippen molar-refractivity contribution in [2.24, 2.45) is 0 Å². The van der Waals surface area contributed by atoms with Gasteiger partial charge in [-0.2, -0.15) is 0 Å². The van der Waals surface area contributed by atoms with E-state index in [0.29, 0.717) is 6.04 Å². The van der Waals surface area contributed by atoms with Crippen molar-refractivity contribution in [2.75, 3.05) is 6.54 Å². The molecule has 1 aromatic rings. The summed E-state index contributed by atoms with van der Waals surface area (Å²) in [6.07, 6.45) is 3.85. The monoisotopic (exact) mass is 220 g/mol. The van der Waals surface area contributed by atoms with E-state index in [0.717, 1.165) is 24.5 Å². The number of aryl methyl sites for hydroxylation is 2. The summed E-state index contributed by atoms with van der Waals surface area (Å²) in [5.41, 5.74) is 2.25. The Morgan fingerprint density at radius 1 is 1.31 bits per heavy atom. The van der Waals surface area contributed by atoms with Gasteiger partial charge in [-0.05, 0) is 33.2 Å². The summed E-state index contributed by atoms with van der Waals surface area (Å²) < 4.78 is 2.24. The number of hydrogen-bond acceptors (Lipinski definition) is 2. The number of piperidine rings is 1. The highest BCUT2D eigenvalue weighted by Gasteiger charge is 2.14. The minimum absolute atomic E-state index is 0.114. The van der Waals surface area contributed by atoms with Gasteiger partial charge in [0, 0.05) is 36.1 Å². The van der Waals surface area contributed by atoms with Crippen molar-refractivity contribution in [1.29, 1.82) is 0 Å². The van der Waals surface area contributed by atoms with Crippen molar-refractivity contribution >= 4 is 0 Å². The molecule has 0 saturated carbocycles. The van der Waals surface area contributed by atoms with Crippen LogP contribution in [-0.4, -0.2) is 17.2 Å². The van der Waals surface area contributed by atoms with E-state index in [2.05, 4.69) is 9.88 Å². The fourth-order valence-electron chi connectivity index (χ4n) is 2.48. The van der Waals surface area contributed by atoms with E-state index in [1.807, 2.05) is 13.8 Å². The van der Waals surface area contributed by atoms with Crippen molar-refractivity contribution < 1.29 is 0 Å². The molecular formula is C13H20N2O. The molecule has 0 amide bonds. The first-order valence-corrected chi connectivity index (χ1v) is 6.08. The van der Waals surface area contributed by atoms with E-state index in [-0.39, 0.29) is 5.43 Å². The summed E-state index contributed by atoms with van der Waals surface area (Å²) in [5, 5.41) is 3.54. The highest BCUT2D eigenvalue weighted by atomic mass is 16.1. The first-order chi connectivity index (χ1) is 7.66. The molecule has 1 aliphatic heterocycles. The van der Waals surface area contributed by atoms with E-state index in [9.17, 15) is 4.79 Å². The second-order valence-electron chi connectivity index (χ2n) is 4.73. The lowest BCUT2D eigenvalue weighted by Gasteiger charge is -2.26. The highest BCUT2D eigenvalue weighted by molar-refractivity contribution is 5.12. The first-order valence-electron chi connectivity index (χ1n) is 6.08. The number of nitrogens with zero attached hydrogens (tertiary/aromatic N) is 1. The molecule has 88 valence electrons. The predicted octanol–water partition coefficient (Wildman–Crippen LogP) is 1.61. The predicted molar refractivity (Wildman–Crippen MR) is 65.8 cm³/mol. The molecule has 2 rings (SSSR count). The molecule has 0 aromatic carbocycles. The first kappa shape index (κ1) is 11.4. The molecule has 3 nitrogen and oxygen atoms in total. The average molecular weight is 220 g/mol. The SMILES string of the molecule is Cc1cc(=O)cc(C)n1CC1CCCCN1. The van der Waals surface area contributed by atoms with E-state index in [4.69, 9.17) is 0 Å². The van der Waals surface area contributed by atoms with Gasteiger partial charge in [0.1, 0.15) is 0 Å². The summed E-state index contributed by atoms with van der Waals surface area (Å²) in [6, 6.07) is 4.00. The summed E-state index contributed by atoms with van der Waals surface area (Å²) in [4.78, 5) is 11.3. The maximum atomic E-state index is 11.3. The topological polar surface area (TPSA) is 34.0 Å². The van der Waals surface area contributed by atoms with Crippen LogP contribution in [-0.2, 0) is 6.54 Å². The Hall–Kier alpha value is -1.09. The van der Waals surface area contributed by atoms with Crippen LogP contribution in [0.1, 0.15) is 30.7 Å². The normalized spacial score (nSPS) is 21.0. The van der Waals surface area contributed by atoms with Gasteiger partial charge in [-0.15, -0.1) is 0 Å². The average Bonchev–Trinajstić information content (AvgIpc) is 2.25. The fraction of sp³-hybridized carbons (Fsp3) is 0.615. The molecule has 1 N–H and O–H groups in total. The molecule has 0 bridgehead atoms. The zero-order valence-corrected chi connectivity index (χ0v) is 10.1. The molecule has 1 unspecified atom stereocenters. The molecule has 1 aliphatic rings. The fourth-order valence-corrected chi connectivity index (χ4v) is 2.48. The third-order valence-electron chi connectivity index (χ3n) is 3.37. The van der Waals surface area contributed by atoms with Gasteiger partial charge in [0.05, 0.1) is 0 Å². The van der Waals surface area contributed by atoms with E-state index in [1.54, 1.807) is 12.1 Å². The Morgan fingerprint density at radius 3 is 2.56 bits per heavy atom. The number of nitrogens with one attached hydrogen (secondary N) is 1. The molecule has 0 spiro atoms. The van der Waals surface area contributed by atoms with Crippen LogP contribution >= 0.6 is 0 Å². The maximum Gasteiger partial charge on any atom is 0.182 e. The van der Waals surface area contributed by atoms with Crippen molar-refractivity contribution in [3.63, 3.8) is 0 Å². The smallest absolute Gasteiger partial charge is 0.182 e. The third kappa shape index (κ3) is 2.53. The second kappa shape index (κ2) is 4.83. The molecule has 0 aliphatic carbocycles. The quantitative estimate of drug-likeness (QED) is 0.821. The molecule has 16 heavy (non-hydrogen) atoms. The number of rotatable bonds is 2. The van der Waals surface area contributed by atoms with Crippen LogP contribution in [0.5, 0.6) is 0 Å². The number of pyridine rings is 1. The van der Waals surface area contributed by atoms with Gasteiger partial charge in [0.15, 0.2) is 5.43 Å². The lowest BCUT2D eigenvalue weighted by atomic mass is 10.0. The maximum absolute atomic E-state index is 11.3. The minimum Gasteiger partial charge on any atom is -0.347 e. The Kier molecular flexibility index (Phi) is 3.44. The molecule has 1 aromatic heterocycles. The summed E-state index contributed by atoms with van der Waals surface area (Å²) >= 11 is 0. The molecule has 1 fully saturated rings. The van der Waals surface area contributed by atoms with Crippen LogP contribution in [0.15, 0.2) is 16.9 Å². The van der Waals surface area contributed by atoms with E-state index >= 15 is 0 Å². The summed E-state index contributed by atoms with van der Waals surface area (Å²) in [5.74, 6) is 0. The van der Waals surface area contributed by atoms with Crippen LogP contribution < -0.4 is 10.7 Å². The Labute approximate surface area is 96.5 Å². The Balaban J connectivity index is 2.17. The Morgan fingerprint density at radius 2 is 2.00 bits per heavy atom. The van der Waals surface area contributed by atoms with Gasteiger partial charge >= 0.3 is 0 Å². The van der Waals surface area contributed by atoms with Crippen LogP contribution in [0.4, 0.5) is 0 Å². The van der Waals surface area contributed by atoms with Crippen molar-refractivity contribution in [2.45, 2.75) is 45.7 Å². The van der Waals surface area contributed by atoms with Crippen LogP contribution in [0.2, 0.25) is 0 Å². The molecule has 1 saturated heterocycles. The van der Waals surface area contributed by atoms with Crippen molar-refractivity contribution in [3.8, 4) is 0 Å². The van der Waals surface area contributed by atoms with Gasteiger partial charge in [0.2, 0.25) is 0 Å². The largest absolute Gasteiger partial charge is 0.347 e. The standard InChI is InChI=1S/C13H20N2O/c1-10-7-13(16)8-11(2)15(10)9-12-5-3-4-6-14-12/h7-8,12,14H,3-6,9H2,1-2H3.